The molecule has 0 aliphatic heterocycles. The average molecular weight is 230 g/mol. The van der Waals surface area contributed by atoms with Crippen LogP contribution < -0.4 is 4.74 Å². The molecule has 0 fully saturated rings. The first-order valence-electron chi connectivity index (χ1n) is 5.99. The van der Waals surface area contributed by atoms with E-state index in [4.69, 9.17) is 4.74 Å². The van der Waals surface area contributed by atoms with Crippen molar-refractivity contribution >= 4 is 5.97 Å². The lowest BCUT2D eigenvalue weighted by atomic mass is 9.77. The van der Waals surface area contributed by atoms with E-state index < -0.39 is 0 Å². The fraction of sp³-hybridized carbons (Fsp3) is 0.400. The number of benzene rings is 1. The quantitative estimate of drug-likeness (QED) is 0.441. The molecule has 0 N–H and O–H groups in total. The van der Waals surface area contributed by atoms with Gasteiger partial charge in [0.1, 0.15) is 5.75 Å². The summed E-state index contributed by atoms with van der Waals surface area (Å²) < 4.78 is 5.31. The van der Waals surface area contributed by atoms with Crippen LogP contribution in [0.3, 0.4) is 0 Å². The number of hydrogen-bond acceptors (Lipinski definition) is 2. The van der Waals surface area contributed by atoms with E-state index in [1.165, 1.54) is 12.5 Å². The molecule has 0 amide bonds. The number of carbonyl (C=O) groups excluding carboxylic acids is 1. The van der Waals surface area contributed by atoms with Crippen LogP contribution in [0.25, 0.3) is 0 Å². The molecule has 0 aromatic heterocycles. The molecule has 1 atom stereocenters. The molecule has 1 aliphatic rings. The maximum Gasteiger partial charge on any atom is 0.308 e. The number of carbonyl (C=O) groups is 1. The Kier molecular flexibility index (Phi) is 3.05. The third-order valence-corrected chi connectivity index (χ3v) is 3.70. The summed E-state index contributed by atoms with van der Waals surface area (Å²) in [6.45, 7) is 5.81. The predicted octanol–water partition coefficient (Wildman–Crippen LogP) is 3.61. The van der Waals surface area contributed by atoms with Gasteiger partial charge in [-0.25, -0.2) is 0 Å². The first-order valence-corrected chi connectivity index (χ1v) is 5.99. The molecule has 0 heterocycles. The van der Waals surface area contributed by atoms with E-state index in [1.54, 1.807) is 0 Å². The Labute approximate surface area is 102 Å². The van der Waals surface area contributed by atoms with E-state index in [0.717, 1.165) is 18.4 Å². The largest absolute Gasteiger partial charge is 0.426 e. The van der Waals surface area contributed by atoms with Crippen LogP contribution in [0, 0.1) is 0 Å². The maximum atomic E-state index is 11.1. The minimum Gasteiger partial charge on any atom is -0.426 e. The lowest BCUT2D eigenvalue weighted by Gasteiger charge is -2.28. The Morgan fingerprint density at radius 3 is 2.65 bits per heavy atom. The Bertz CT molecular complexity index is 474. The molecule has 1 aromatic rings. The molecule has 0 bridgehead atoms. The Balaban J connectivity index is 2.45. The highest BCUT2D eigenvalue weighted by atomic mass is 16.5. The van der Waals surface area contributed by atoms with Gasteiger partial charge in [-0.1, -0.05) is 36.8 Å². The lowest BCUT2D eigenvalue weighted by molar-refractivity contribution is -0.131. The van der Waals surface area contributed by atoms with Gasteiger partial charge in [0.25, 0.3) is 0 Å². The van der Waals surface area contributed by atoms with E-state index in [0.29, 0.717) is 5.75 Å². The van der Waals surface area contributed by atoms with Gasteiger partial charge in [-0.15, -0.1) is 0 Å². The summed E-state index contributed by atoms with van der Waals surface area (Å²) in [6.07, 6.45) is 4.44. The minimum absolute atomic E-state index is 0.00600. The van der Waals surface area contributed by atoms with Gasteiger partial charge in [-0.2, -0.15) is 0 Å². The summed E-state index contributed by atoms with van der Waals surface area (Å²) in [7, 11) is 0. The van der Waals surface area contributed by atoms with Crippen molar-refractivity contribution in [2.45, 2.75) is 39.0 Å². The van der Waals surface area contributed by atoms with Crippen LogP contribution in [-0.4, -0.2) is 5.97 Å². The topological polar surface area (TPSA) is 26.3 Å². The summed E-state index contributed by atoms with van der Waals surface area (Å²) in [6, 6.07) is 7.83. The normalized spacial score (nSPS) is 23.4. The maximum absolute atomic E-state index is 11.1. The van der Waals surface area contributed by atoms with Gasteiger partial charge < -0.3 is 4.74 Å². The Hall–Kier alpha value is -1.57. The molecule has 17 heavy (non-hydrogen) atoms. The number of allylic oxidation sites excluding steroid dienone is 2. The molecule has 1 aliphatic carbocycles. The lowest BCUT2D eigenvalue weighted by Crippen LogP contribution is -2.21. The van der Waals surface area contributed by atoms with Crippen molar-refractivity contribution in [3.05, 3.63) is 41.5 Å². The van der Waals surface area contributed by atoms with E-state index in [1.807, 2.05) is 18.2 Å². The van der Waals surface area contributed by atoms with E-state index in [-0.39, 0.29) is 11.4 Å². The Morgan fingerprint density at radius 2 is 2.06 bits per heavy atom. The zero-order chi connectivity index (χ0) is 12.5. The van der Waals surface area contributed by atoms with Crippen molar-refractivity contribution in [3.8, 4) is 5.75 Å². The van der Waals surface area contributed by atoms with Crippen LogP contribution >= 0.6 is 0 Å². The second kappa shape index (κ2) is 4.36. The molecule has 0 saturated carbocycles. The van der Waals surface area contributed by atoms with E-state index in [2.05, 4.69) is 26.0 Å². The van der Waals surface area contributed by atoms with Crippen LogP contribution in [0.5, 0.6) is 5.75 Å². The number of rotatable bonds is 2. The zero-order valence-electron chi connectivity index (χ0n) is 10.6. The summed E-state index contributed by atoms with van der Waals surface area (Å²) >= 11 is 0. The molecule has 90 valence electrons. The molecule has 0 saturated heterocycles. The highest BCUT2D eigenvalue weighted by Gasteiger charge is 2.34. The smallest absolute Gasteiger partial charge is 0.308 e. The van der Waals surface area contributed by atoms with Crippen LogP contribution in [0.15, 0.2) is 35.9 Å². The van der Waals surface area contributed by atoms with Crippen molar-refractivity contribution in [1.29, 1.82) is 0 Å². The fourth-order valence-corrected chi connectivity index (χ4v) is 2.51. The summed E-state index contributed by atoms with van der Waals surface area (Å²) in [5.74, 6) is 0.429. The summed E-state index contributed by atoms with van der Waals surface area (Å²) in [5, 5.41) is 0. The predicted molar refractivity (Wildman–Crippen MR) is 68.1 cm³/mol. The van der Waals surface area contributed by atoms with Crippen LogP contribution in [0.1, 0.15) is 39.2 Å². The van der Waals surface area contributed by atoms with Gasteiger partial charge in [0.2, 0.25) is 0 Å². The zero-order valence-corrected chi connectivity index (χ0v) is 10.6. The molecule has 1 aromatic carbocycles. The first kappa shape index (κ1) is 11.9. The molecule has 0 radical (unpaired) electrons. The second-order valence-corrected chi connectivity index (χ2v) is 4.85. The highest BCUT2D eigenvalue weighted by molar-refractivity contribution is 5.70. The monoisotopic (exact) mass is 230 g/mol. The van der Waals surface area contributed by atoms with Gasteiger partial charge in [-0.05, 0) is 25.8 Å². The fourth-order valence-electron chi connectivity index (χ4n) is 2.51. The third-order valence-electron chi connectivity index (χ3n) is 3.70. The molecular formula is C15H18O2. The summed E-state index contributed by atoms with van der Waals surface area (Å²) in [5.41, 5.74) is 2.48. The first-order chi connectivity index (χ1) is 8.04. The van der Waals surface area contributed by atoms with Crippen molar-refractivity contribution in [2.75, 3.05) is 0 Å². The number of para-hydroxylation sites is 1. The van der Waals surface area contributed by atoms with Crippen molar-refractivity contribution in [1.82, 2.24) is 0 Å². The molecule has 0 spiro atoms. The molecular weight excluding hydrogens is 212 g/mol. The molecule has 2 rings (SSSR count). The van der Waals surface area contributed by atoms with E-state index >= 15 is 0 Å². The molecule has 0 unspecified atom stereocenters. The average Bonchev–Trinajstić information content (AvgIpc) is 2.60. The SMILES string of the molecule is CC(=O)Oc1ccccc1[C@@]1(C)CCC=C1C. The van der Waals surface area contributed by atoms with E-state index in [9.17, 15) is 4.79 Å². The van der Waals surface area contributed by atoms with Gasteiger partial charge in [0.05, 0.1) is 0 Å². The highest BCUT2D eigenvalue weighted by Crippen LogP contribution is 2.44. The standard InChI is InChI=1S/C15H18O2/c1-11-7-6-10-15(11,3)13-8-4-5-9-14(13)17-12(2)16/h4-5,7-9H,6,10H2,1-3H3/t15-/m0/s1. The minimum atomic E-state index is -0.263. The molecule has 2 nitrogen and oxygen atoms in total. The van der Waals surface area contributed by atoms with Crippen LogP contribution in [0.2, 0.25) is 0 Å². The second-order valence-electron chi connectivity index (χ2n) is 4.85. The van der Waals surface area contributed by atoms with Crippen LogP contribution in [0.4, 0.5) is 0 Å². The van der Waals surface area contributed by atoms with Gasteiger partial charge in [0, 0.05) is 17.9 Å². The van der Waals surface area contributed by atoms with Crippen molar-refractivity contribution < 1.29 is 9.53 Å². The van der Waals surface area contributed by atoms with Gasteiger partial charge in [0.15, 0.2) is 0 Å². The number of hydrogen-bond donors (Lipinski definition) is 0. The van der Waals surface area contributed by atoms with Gasteiger partial charge >= 0.3 is 5.97 Å². The number of ether oxygens (including phenoxy) is 1. The number of esters is 1. The third kappa shape index (κ3) is 2.12. The summed E-state index contributed by atoms with van der Waals surface area (Å²) in [4.78, 5) is 11.1. The molecule has 2 heteroatoms. The van der Waals surface area contributed by atoms with Gasteiger partial charge in [-0.3, -0.25) is 4.79 Å². The Morgan fingerprint density at radius 1 is 1.35 bits per heavy atom. The van der Waals surface area contributed by atoms with Crippen LogP contribution in [-0.2, 0) is 10.2 Å². The van der Waals surface area contributed by atoms with Crippen molar-refractivity contribution in [3.63, 3.8) is 0 Å². The van der Waals surface area contributed by atoms with Crippen molar-refractivity contribution in [2.24, 2.45) is 0 Å².